The molecule has 24 heavy (non-hydrogen) atoms. The van der Waals surface area contributed by atoms with Crippen molar-refractivity contribution in [3.8, 4) is 5.75 Å². The molecule has 0 bridgehead atoms. The third-order valence-electron chi connectivity index (χ3n) is 3.03. The number of nitrogens with one attached hydrogen (secondary N) is 1. The van der Waals surface area contributed by atoms with Crippen molar-refractivity contribution in [3.63, 3.8) is 0 Å². The van der Waals surface area contributed by atoms with Crippen LogP contribution < -0.4 is 5.32 Å². The van der Waals surface area contributed by atoms with Crippen LogP contribution in [0, 0.1) is 3.57 Å². The summed E-state index contributed by atoms with van der Waals surface area (Å²) in [5.41, 5.74) is 1.58. The number of phenols is 1. The average Bonchev–Trinajstić information content (AvgIpc) is 2.84. The number of amides is 1. The predicted octanol–water partition coefficient (Wildman–Crippen LogP) is 5.41. The molecule has 1 amide bonds. The summed E-state index contributed by atoms with van der Waals surface area (Å²) in [5.74, 6) is 0.00568. The van der Waals surface area contributed by atoms with Crippen LogP contribution in [0.3, 0.4) is 0 Å². The zero-order chi connectivity index (χ0) is 17.3. The van der Waals surface area contributed by atoms with E-state index in [-0.39, 0.29) is 11.7 Å². The van der Waals surface area contributed by atoms with Crippen LogP contribution >= 0.6 is 66.2 Å². The minimum atomic E-state index is -0.187. The number of aromatic hydroxyl groups is 1. The van der Waals surface area contributed by atoms with Gasteiger partial charge in [0.2, 0.25) is 0 Å². The SMILES string of the molecule is O=C1NC(=Nc2cccc(Br)c2)SC1=Cc1cc(Br)c(O)c(I)c1. The Morgan fingerprint density at radius 1 is 1.25 bits per heavy atom. The second-order valence-electron chi connectivity index (χ2n) is 4.79. The van der Waals surface area contributed by atoms with Gasteiger partial charge in [-0.2, -0.15) is 0 Å². The van der Waals surface area contributed by atoms with Gasteiger partial charge in [0.05, 0.1) is 18.6 Å². The summed E-state index contributed by atoms with van der Waals surface area (Å²) in [7, 11) is 0. The van der Waals surface area contributed by atoms with Crippen molar-refractivity contribution >= 4 is 89.1 Å². The molecule has 0 aliphatic carbocycles. The monoisotopic (exact) mass is 578 g/mol. The van der Waals surface area contributed by atoms with E-state index in [1.807, 2.05) is 52.9 Å². The van der Waals surface area contributed by atoms with Crippen molar-refractivity contribution in [2.45, 2.75) is 0 Å². The summed E-state index contributed by atoms with van der Waals surface area (Å²) in [6, 6.07) is 11.1. The van der Waals surface area contributed by atoms with Gasteiger partial charge in [0.15, 0.2) is 5.17 Å². The first kappa shape index (κ1) is 18.0. The maximum atomic E-state index is 12.1. The third kappa shape index (κ3) is 4.22. The highest BCUT2D eigenvalue weighted by molar-refractivity contribution is 14.1. The fourth-order valence-corrected chi connectivity index (χ4v) is 4.69. The second kappa shape index (κ2) is 7.59. The Labute approximate surface area is 173 Å². The van der Waals surface area contributed by atoms with E-state index in [1.165, 1.54) is 11.8 Å². The van der Waals surface area contributed by atoms with Crippen molar-refractivity contribution in [1.29, 1.82) is 0 Å². The van der Waals surface area contributed by atoms with Crippen LogP contribution in [-0.2, 0) is 4.79 Å². The van der Waals surface area contributed by atoms with Gasteiger partial charge in [-0.3, -0.25) is 4.79 Å². The minimum absolute atomic E-state index is 0.187. The van der Waals surface area contributed by atoms with Crippen LogP contribution in [0.5, 0.6) is 5.75 Å². The van der Waals surface area contributed by atoms with Gasteiger partial charge in [0.1, 0.15) is 5.75 Å². The molecule has 122 valence electrons. The smallest absolute Gasteiger partial charge is 0.264 e. The molecule has 0 atom stereocenters. The number of amidine groups is 1. The predicted molar refractivity (Wildman–Crippen MR) is 113 cm³/mol. The Bertz CT molecular complexity index is 876. The molecule has 1 heterocycles. The number of thioether (sulfide) groups is 1. The fraction of sp³-hybridized carbons (Fsp3) is 0. The van der Waals surface area contributed by atoms with Crippen molar-refractivity contribution in [2.24, 2.45) is 4.99 Å². The Morgan fingerprint density at radius 3 is 2.75 bits per heavy atom. The average molecular weight is 580 g/mol. The zero-order valence-corrected chi connectivity index (χ0v) is 18.0. The molecule has 1 aliphatic heterocycles. The summed E-state index contributed by atoms with van der Waals surface area (Å²) in [6.07, 6.45) is 1.77. The third-order valence-corrected chi connectivity index (χ3v) is 5.86. The van der Waals surface area contributed by atoms with Crippen LogP contribution in [-0.4, -0.2) is 16.2 Å². The molecule has 2 aromatic rings. The number of rotatable bonds is 2. The first-order valence-corrected chi connectivity index (χ1v) is 10.1. The lowest BCUT2D eigenvalue weighted by Gasteiger charge is -2.02. The van der Waals surface area contributed by atoms with Crippen LogP contribution in [0.4, 0.5) is 5.69 Å². The molecule has 4 nitrogen and oxygen atoms in total. The maximum Gasteiger partial charge on any atom is 0.264 e. The second-order valence-corrected chi connectivity index (χ2v) is 8.76. The number of hydrogen-bond acceptors (Lipinski definition) is 4. The van der Waals surface area contributed by atoms with Gasteiger partial charge in [-0.25, -0.2) is 4.99 Å². The van der Waals surface area contributed by atoms with Crippen molar-refractivity contribution in [2.75, 3.05) is 0 Å². The molecule has 0 saturated carbocycles. The molecule has 1 saturated heterocycles. The van der Waals surface area contributed by atoms with Crippen LogP contribution in [0.25, 0.3) is 6.08 Å². The van der Waals surface area contributed by atoms with Gasteiger partial charge in [-0.1, -0.05) is 22.0 Å². The number of halogens is 3. The zero-order valence-electron chi connectivity index (χ0n) is 11.9. The van der Waals surface area contributed by atoms with Crippen molar-refractivity contribution in [3.05, 3.63) is 59.4 Å². The number of benzene rings is 2. The highest BCUT2D eigenvalue weighted by atomic mass is 127. The van der Waals surface area contributed by atoms with Gasteiger partial charge in [-0.15, -0.1) is 0 Å². The largest absolute Gasteiger partial charge is 0.506 e. The van der Waals surface area contributed by atoms with E-state index in [9.17, 15) is 9.90 Å². The molecule has 2 N–H and O–H groups in total. The molecule has 8 heteroatoms. The normalized spacial score (nSPS) is 17.5. The van der Waals surface area contributed by atoms with Crippen molar-refractivity contribution < 1.29 is 9.90 Å². The van der Waals surface area contributed by atoms with E-state index in [2.05, 4.69) is 42.2 Å². The van der Waals surface area contributed by atoms with E-state index in [0.29, 0.717) is 18.1 Å². The molecule has 0 unspecified atom stereocenters. The summed E-state index contributed by atoms with van der Waals surface area (Å²) in [4.78, 5) is 17.1. The number of nitrogens with zero attached hydrogens (tertiary/aromatic N) is 1. The van der Waals surface area contributed by atoms with Gasteiger partial charge in [0, 0.05) is 4.47 Å². The van der Waals surface area contributed by atoms with E-state index in [0.717, 1.165) is 15.7 Å². The summed E-state index contributed by atoms with van der Waals surface area (Å²) < 4.78 is 2.23. The van der Waals surface area contributed by atoms with E-state index >= 15 is 0 Å². The minimum Gasteiger partial charge on any atom is -0.506 e. The maximum absolute atomic E-state index is 12.1. The molecular weight excluding hydrogens is 571 g/mol. The lowest BCUT2D eigenvalue weighted by molar-refractivity contribution is -0.115. The van der Waals surface area contributed by atoms with E-state index in [4.69, 9.17) is 0 Å². The van der Waals surface area contributed by atoms with Gasteiger partial charge < -0.3 is 10.4 Å². The Balaban J connectivity index is 1.87. The highest BCUT2D eigenvalue weighted by Gasteiger charge is 2.24. The van der Waals surface area contributed by atoms with E-state index in [1.54, 1.807) is 12.1 Å². The molecule has 3 rings (SSSR count). The Morgan fingerprint density at radius 2 is 2.04 bits per heavy atom. The number of carbonyl (C=O) groups is 1. The fourth-order valence-electron chi connectivity index (χ4n) is 1.96. The van der Waals surface area contributed by atoms with Crippen LogP contribution in [0.15, 0.2) is 55.2 Å². The summed E-state index contributed by atoms with van der Waals surface area (Å²) in [5, 5.41) is 13.1. The lowest BCUT2D eigenvalue weighted by Crippen LogP contribution is -2.19. The highest BCUT2D eigenvalue weighted by Crippen LogP contribution is 2.33. The number of phenolic OH excluding ortho intramolecular Hbond substituents is 1. The molecule has 0 radical (unpaired) electrons. The Hall–Kier alpha value is -0.840. The number of aliphatic imine (C=N–C) groups is 1. The number of carbonyl (C=O) groups excluding carboxylic acids is 1. The van der Waals surface area contributed by atoms with Crippen LogP contribution in [0.2, 0.25) is 0 Å². The van der Waals surface area contributed by atoms with Gasteiger partial charge >= 0.3 is 0 Å². The molecule has 2 aromatic carbocycles. The topological polar surface area (TPSA) is 61.7 Å². The first-order valence-electron chi connectivity index (χ1n) is 6.65. The standard InChI is InChI=1S/C16H9Br2IN2O2S/c17-9-2-1-3-10(7-9)20-16-21-15(23)13(24-16)6-8-4-11(18)14(22)12(19)5-8/h1-7,22H,(H,20,21,23). The summed E-state index contributed by atoms with van der Waals surface area (Å²) >= 11 is 10.0. The molecular formula is C16H9Br2IN2O2S. The number of hydrogen-bond donors (Lipinski definition) is 2. The molecule has 0 spiro atoms. The van der Waals surface area contributed by atoms with Crippen LogP contribution in [0.1, 0.15) is 5.56 Å². The quantitative estimate of drug-likeness (QED) is 0.369. The molecule has 1 aliphatic rings. The molecule has 0 aromatic heterocycles. The van der Waals surface area contributed by atoms with Gasteiger partial charge in [-0.05, 0) is 92.3 Å². The Kier molecular flexibility index (Phi) is 5.68. The summed E-state index contributed by atoms with van der Waals surface area (Å²) in [6.45, 7) is 0. The van der Waals surface area contributed by atoms with Gasteiger partial charge in [0.25, 0.3) is 5.91 Å². The van der Waals surface area contributed by atoms with E-state index < -0.39 is 0 Å². The first-order chi connectivity index (χ1) is 11.4. The lowest BCUT2D eigenvalue weighted by atomic mass is 10.2. The van der Waals surface area contributed by atoms with Crippen molar-refractivity contribution in [1.82, 2.24) is 5.32 Å². The molecule has 1 fully saturated rings.